The van der Waals surface area contributed by atoms with E-state index in [0.717, 1.165) is 42.1 Å². The van der Waals surface area contributed by atoms with Crippen molar-refractivity contribution < 1.29 is 13.9 Å². The number of methoxy groups -OCH3 is 1. The summed E-state index contributed by atoms with van der Waals surface area (Å²) in [5.74, 6) is 0.0212. The Bertz CT molecular complexity index is 1120. The third kappa shape index (κ3) is 5.27. The summed E-state index contributed by atoms with van der Waals surface area (Å²) < 4.78 is 18.9. The van der Waals surface area contributed by atoms with E-state index in [0.29, 0.717) is 5.13 Å². The van der Waals surface area contributed by atoms with E-state index in [-0.39, 0.29) is 27.8 Å². The molecule has 3 aromatic rings. The van der Waals surface area contributed by atoms with Gasteiger partial charge in [-0.1, -0.05) is 31.1 Å². The quantitative estimate of drug-likeness (QED) is 0.383. The molecule has 1 aromatic heterocycles. The minimum absolute atomic E-state index is 0.0834. The molecule has 4 rings (SSSR count). The lowest BCUT2D eigenvalue weighted by Gasteiger charge is -2.19. The van der Waals surface area contributed by atoms with E-state index >= 15 is 0 Å². The standard InChI is InChI=1S/C25H29FN4O2S/c1-3-4-5-16-12-13-30(15-16)19-9-7-18(8-10-19)28-25-29-24(27)23(33-25)22(31)17-6-11-21(32-2)20(26)14-17/h6-11,14,16H,3-5,12-13,15,27H2,1-2H3,(H,28,29). The number of hydrogen-bond acceptors (Lipinski definition) is 7. The highest BCUT2D eigenvalue weighted by molar-refractivity contribution is 7.18. The number of unbranched alkanes of at least 4 members (excludes halogenated alkanes) is 1. The highest BCUT2D eigenvalue weighted by Crippen LogP contribution is 2.32. The molecule has 33 heavy (non-hydrogen) atoms. The van der Waals surface area contributed by atoms with Crippen LogP contribution in [0.3, 0.4) is 0 Å². The number of nitrogen functional groups attached to an aromatic ring is 1. The van der Waals surface area contributed by atoms with Gasteiger partial charge in [0.1, 0.15) is 10.7 Å². The fourth-order valence-corrected chi connectivity index (χ4v) is 5.03. The summed E-state index contributed by atoms with van der Waals surface area (Å²) in [5.41, 5.74) is 8.27. The Morgan fingerprint density at radius 1 is 1.30 bits per heavy atom. The number of hydrogen-bond donors (Lipinski definition) is 2. The molecule has 3 N–H and O–H groups in total. The highest BCUT2D eigenvalue weighted by Gasteiger charge is 2.22. The first-order valence-corrected chi connectivity index (χ1v) is 12.1. The van der Waals surface area contributed by atoms with Crippen LogP contribution in [-0.2, 0) is 0 Å². The third-order valence-corrected chi connectivity index (χ3v) is 6.99. The van der Waals surface area contributed by atoms with E-state index in [1.165, 1.54) is 50.6 Å². The normalized spacial score (nSPS) is 15.6. The summed E-state index contributed by atoms with van der Waals surface area (Å²) in [4.78, 5) is 19.8. The zero-order chi connectivity index (χ0) is 23.4. The fourth-order valence-electron chi connectivity index (χ4n) is 4.16. The van der Waals surface area contributed by atoms with Crippen LogP contribution in [0.4, 0.5) is 26.7 Å². The monoisotopic (exact) mass is 468 g/mol. The van der Waals surface area contributed by atoms with Gasteiger partial charge < -0.3 is 20.7 Å². The summed E-state index contributed by atoms with van der Waals surface area (Å²) in [6, 6.07) is 12.3. The molecule has 6 nitrogen and oxygen atoms in total. The molecular formula is C25H29FN4O2S. The highest BCUT2D eigenvalue weighted by atomic mass is 32.1. The first-order valence-electron chi connectivity index (χ1n) is 11.2. The summed E-state index contributed by atoms with van der Waals surface area (Å²) >= 11 is 1.15. The largest absolute Gasteiger partial charge is 0.494 e. The number of aromatic nitrogens is 1. The molecule has 1 atom stereocenters. The average Bonchev–Trinajstić information content (AvgIpc) is 3.44. The molecule has 0 amide bonds. The Morgan fingerprint density at radius 3 is 2.79 bits per heavy atom. The van der Waals surface area contributed by atoms with Crippen LogP contribution in [-0.4, -0.2) is 31.0 Å². The number of carbonyl (C=O) groups excluding carboxylic acids is 1. The topological polar surface area (TPSA) is 80.5 Å². The van der Waals surface area contributed by atoms with Gasteiger partial charge in [0.25, 0.3) is 0 Å². The second kappa shape index (κ2) is 10.2. The van der Waals surface area contributed by atoms with E-state index in [9.17, 15) is 9.18 Å². The van der Waals surface area contributed by atoms with Gasteiger partial charge in [0.2, 0.25) is 5.78 Å². The number of nitrogens with two attached hydrogens (primary N) is 1. The molecule has 1 fully saturated rings. The lowest BCUT2D eigenvalue weighted by atomic mass is 10.0. The number of carbonyl (C=O) groups is 1. The Labute approximate surface area is 197 Å². The summed E-state index contributed by atoms with van der Waals surface area (Å²) in [6.45, 7) is 4.46. The van der Waals surface area contributed by atoms with Crippen LogP contribution in [0.15, 0.2) is 42.5 Å². The minimum atomic E-state index is -0.598. The number of rotatable bonds is 9. The summed E-state index contributed by atoms with van der Waals surface area (Å²) in [6.07, 6.45) is 5.12. The summed E-state index contributed by atoms with van der Waals surface area (Å²) in [7, 11) is 1.38. The maximum absolute atomic E-state index is 14.0. The third-order valence-electron chi connectivity index (χ3n) is 6.01. The van der Waals surface area contributed by atoms with Gasteiger partial charge in [0, 0.05) is 30.0 Å². The maximum Gasteiger partial charge on any atom is 0.206 e. The second-order valence-corrected chi connectivity index (χ2v) is 9.33. The average molecular weight is 469 g/mol. The van der Waals surface area contributed by atoms with Crippen molar-refractivity contribution in [1.82, 2.24) is 4.98 Å². The molecule has 174 valence electrons. The van der Waals surface area contributed by atoms with Gasteiger partial charge in [-0.15, -0.1) is 0 Å². The molecule has 0 bridgehead atoms. The lowest BCUT2D eigenvalue weighted by Crippen LogP contribution is -2.19. The molecule has 0 spiro atoms. The molecule has 1 aliphatic rings. The number of nitrogens with one attached hydrogen (secondary N) is 1. The van der Waals surface area contributed by atoms with E-state index in [1.807, 2.05) is 12.1 Å². The van der Waals surface area contributed by atoms with Crippen molar-refractivity contribution >= 4 is 39.4 Å². The maximum atomic E-state index is 14.0. The van der Waals surface area contributed by atoms with Crippen molar-refractivity contribution in [2.75, 3.05) is 36.1 Å². The first-order chi connectivity index (χ1) is 16.0. The van der Waals surface area contributed by atoms with Gasteiger partial charge in [-0.05, 0) is 61.2 Å². The molecule has 8 heteroatoms. The molecule has 2 heterocycles. The predicted octanol–water partition coefficient (Wildman–Crippen LogP) is 5.86. The number of halogens is 1. The van der Waals surface area contributed by atoms with Crippen molar-refractivity contribution in [3.63, 3.8) is 0 Å². The summed E-state index contributed by atoms with van der Waals surface area (Å²) in [5, 5.41) is 3.73. The van der Waals surface area contributed by atoms with Crippen LogP contribution in [0.25, 0.3) is 0 Å². The first kappa shape index (κ1) is 23.0. The number of ketones is 1. The molecular weight excluding hydrogens is 439 g/mol. The Balaban J connectivity index is 1.41. The van der Waals surface area contributed by atoms with Crippen molar-refractivity contribution in [3.8, 4) is 5.75 Å². The zero-order valence-electron chi connectivity index (χ0n) is 18.9. The minimum Gasteiger partial charge on any atom is -0.494 e. The SMILES string of the molecule is CCCCC1CCN(c2ccc(Nc3nc(N)c(C(=O)c4ccc(OC)c(F)c4)s3)cc2)C1. The molecule has 2 aromatic carbocycles. The van der Waals surface area contributed by atoms with Gasteiger partial charge in [0.05, 0.1) is 7.11 Å². The predicted molar refractivity (Wildman–Crippen MR) is 132 cm³/mol. The number of thiazole rings is 1. The van der Waals surface area contributed by atoms with Crippen molar-refractivity contribution in [3.05, 3.63) is 58.7 Å². The Hall–Kier alpha value is -3.13. The smallest absolute Gasteiger partial charge is 0.206 e. The Morgan fingerprint density at radius 2 is 2.09 bits per heavy atom. The lowest BCUT2D eigenvalue weighted by molar-refractivity contribution is 0.104. The molecule has 0 aliphatic carbocycles. The molecule has 1 unspecified atom stereocenters. The van der Waals surface area contributed by atoms with Crippen LogP contribution in [0.2, 0.25) is 0 Å². The van der Waals surface area contributed by atoms with Crippen LogP contribution in [0, 0.1) is 11.7 Å². The van der Waals surface area contributed by atoms with Crippen molar-refractivity contribution in [2.24, 2.45) is 5.92 Å². The van der Waals surface area contributed by atoms with Gasteiger partial charge in [-0.2, -0.15) is 0 Å². The van der Waals surface area contributed by atoms with Crippen LogP contribution in [0.1, 0.15) is 47.8 Å². The number of nitrogens with zero attached hydrogens (tertiary/aromatic N) is 2. The van der Waals surface area contributed by atoms with Crippen LogP contribution >= 0.6 is 11.3 Å². The number of benzene rings is 2. The van der Waals surface area contributed by atoms with Gasteiger partial charge in [0.15, 0.2) is 16.7 Å². The van der Waals surface area contributed by atoms with E-state index in [4.69, 9.17) is 10.5 Å². The number of anilines is 4. The van der Waals surface area contributed by atoms with Crippen molar-refractivity contribution in [2.45, 2.75) is 32.6 Å². The van der Waals surface area contributed by atoms with Gasteiger partial charge in [-0.3, -0.25) is 4.79 Å². The van der Waals surface area contributed by atoms with Crippen LogP contribution < -0.4 is 20.7 Å². The Kier molecular flexibility index (Phi) is 7.13. The van der Waals surface area contributed by atoms with E-state index < -0.39 is 5.82 Å². The fraction of sp³-hybridized carbons (Fsp3) is 0.360. The van der Waals surface area contributed by atoms with E-state index in [1.54, 1.807) is 0 Å². The van der Waals surface area contributed by atoms with Crippen molar-refractivity contribution in [1.29, 1.82) is 0 Å². The van der Waals surface area contributed by atoms with Gasteiger partial charge >= 0.3 is 0 Å². The van der Waals surface area contributed by atoms with Gasteiger partial charge in [-0.25, -0.2) is 9.37 Å². The molecule has 0 saturated carbocycles. The molecule has 1 aliphatic heterocycles. The number of ether oxygens (including phenoxy) is 1. The second-order valence-electron chi connectivity index (χ2n) is 8.33. The molecule has 1 saturated heterocycles. The van der Waals surface area contributed by atoms with Crippen LogP contribution in [0.5, 0.6) is 5.75 Å². The van der Waals surface area contributed by atoms with E-state index in [2.05, 4.69) is 34.3 Å². The zero-order valence-corrected chi connectivity index (χ0v) is 19.8. The molecule has 0 radical (unpaired) electrons.